The second kappa shape index (κ2) is 5.28. The fourth-order valence-corrected chi connectivity index (χ4v) is 6.54. The molecule has 0 N–H and O–H groups in total. The van der Waals surface area contributed by atoms with Gasteiger partial charge in [0.05, 0.1) is 0 Å². The molecule has 0 atom stereocenters. The van der Waals surface area contributed by atoms with Gasteiger partial charge in [0.2, 0.25) is 0 Å². The Morgan fingerprint density at radius 2 is 1.29 bits per heavy atom. The Kier molecular flexibility index (Phi) is 3.72. The predicted molar refractivity (Wildman–Crippen MR) is 59.3 cm³/mol. The van der Waals surface area contributed by atoms with Crippen molar-refractivity contribution >= 4 is 35.2 Å². The Balaban J connectivity index is 1.96. The second-order valence-electron chi connectivity index (χ2n) is 2.54. The second-order valence-corrected chi connectivity index (χ2v) is 8.86. The van der Waals surface area contributed by atoms with Gasteiger partial charge in [0.1, 0.15) is 0 Å². The van der Waals surface area contributed by atoms with Crippen LogP contribution in [-0.2, 0) is 0 Å². The van der Waals surface area contributed by atoms with Crippen LogP contribution in [0.4, 0.5) is 0 Å². The molecule has 2 heterocycles. The molecule has 0 aliphatic carbocycles. The first-order valence-electron chi connectivity index (χ1n) is 4.10. The van der Waals surface area contributed by atoms with Crippen LogP contribution in [0.1, 0.15) is 0 Å². The minimum absolute atomic E-state index is 0.532. The summed E-state index contributed by atoms with van der Waals surface area (Å²) >= 11 is 1.06. The first kappa shape index (κ1) is 9.88. The van der Waals surface area contributed by atoms with E-state index in [1.165, 1.54) is 8.92 Å². The van der Waals surface area contributed by atoms with Gasteiger partial charge >= 0.3 is 94.2 Å². The van der Waals surface area contributed by atoms with E-state index < -0.39 is 0 Å². The summed E-state index contributed by atoms with van der Waals surface area (Å²) in [5.74, 6) is 0. The summed E-state index contributed by atoms with van der Waals surface area (Å²) in [4.78, 5) is 8.21. The van der Waals surface area contributed by atoms with Crippen molar-refractivity contribution in [1.29, 1.82) is 0 Å². The fraction of sp³-hybridized carbons (Fsp3) is 0. The standard InChI is InChI=1S/C10H8N2Se2/c1-3-9(7-11-5-1)13-14-10-4-2-6-12-8-10/h1-8H. The van der Waals surface area contributed by atoms with E-state index in [4.69, 9.17) is 0 Å². The Morgan fingerprint density at radius 3 is 1.64 bits per heavy atom. The van der Waals surface area contributed by atoms with Crippen molar-refractivity contribution < 1.29 is 0 Å². The van der Waals surface area contributed by atoms with Crippen LogP contribution in [0.3, 0.4) is 0 Å². The van der Waals surface area contributed by atoms with Crippen molar-refractivity contribution in [2.45, 2.75) is 0 Å². The zero-order chi connectivity index (χ0) is 9.64. The van der Waals surface area contributed by atoms with E-state index in [0.29, 0.717) is 26.3 Å². The monoisotopic (exact) mass is 316 g/mol. The molecule has 0 radical (unpaired) electrons. The van der Waals surface area contributed by atoms with Crippen LogP contribution in [0, 0.1) is 0 Å². The van der Waals surface area contributed by atoms with Crippen molar-refractivity contribution in [2.75, 3.05) is 0 Å². The number of pyridine rings is 2. The van der Waals surface area contributed by atoms with Crippen LogP contribution in [0.15, 0.2) is 49.1 Å². The molecule has 0 fully saturated rings. The van der Waals surface area contributed by atoms with Gasteiger partial charge in [0.15, 0.2) is 0 Å². The topological polar surface area (TPSA) is 25.8 Å². The van der Waals surface area contributed by atoms with Gasteiger partial charge in [0.25, 0.3) is 0 Å². The van der Waals surface area contributed by atoms with Crippen LogP contribution in [0.5, 0.6) is 0 Å². The van der Waals surface area contributed by atoms with Gasteiger partial charge in [-0.2, -0.15) is 0 Å². The predicted octanol–water partition coefficient (Wildman–Crippen LogP) is -0.249. The summed E-state index contributed by atoms with van der Waals surface area (Å²) in [7, 11) is 0. The van der Waals surface area contributed by atoms with E-state index in [-0.39, 0.29) is 0 Å². The molecule has 0 saturated heterocycles. The summed E-state index contributed by atoms with van der Waals surface area (Å²) in [5.41, 5.74) is 0. The molecule has 4 heteroatoms. The number of hydrogen-bond donors (Lipinski definition) is 0. The molecule has 0 bridgehead atoms. The quantitative estimate of drug-likeness (QED) is 0.731. The van der Waals surface area contributed by atoms with Gasteiger partial charge in [0, 0.05) is 0 Å². The molecule has 0 aliphatic heterocycles. The third-order valence-electron chi connectivity index (χ3n) is 1.50. The van der Waals surface area contributed by atoms with Crippen LogP contribution in [0.25, 0.3) is 0 Å². The fourth-order valence-electron chi connectivity index (χ4n) is 0.889. The molecule has 2 aromatic rings. The molecule has 70 valence electrons. The van der Waals surface area contributed by atoms with Gasteiger partial charge in [-0.05, 0) is 0 Å². The molecule has 0 aliphatic rings. The minimum atomic E-state index is 0.532. The van der Waals surface area contributed by atoms with Gasteiger partial charge in [-0.25, -0.2) is 0 Å². The molecule has 14 heavy (non-hydrogen) atoms. The van der Waals surface area contributed by atoms with Gasteiger partial charge in [-0.15, -0.1) is 0 Å². The summed E-state index contributed by atoms with van der Waals surface area (Å²) in [6, 6.07) is 8.28. The summed E-state index contributed by atoms with van der Waals surface area (Å²) < 4.78 is 2.73. The maximum absolute atomic E-state index is 4.11. The van der Waals surface area contributed by atoms with Crippen molar-refractivity contribution in [3.8, 4) is 0 Å². The molecule has 0 spiro atoms. The van der Waals surface area contributed by atoms with E-state index in [2.05, 4.69) is 22.1 Å². The van der Waals surface area contributed by atoms with Gasteiger partial charge < -0.3 is 0 Å². The molecule has 2 aromatic heterocycles. The third kappa shape index (κ3) is 2.93. The van der Waals surface area contributed by atoms with Gasteiger partial charge in [-0.3, -0.25) is 0 Å². The van der Waals surface area contributed by atoms with E-state index in [9.17, 15) is 0 Å². The molecule has 0 amide bonds. The molecular weight excluding hydrogens is 306 g/mol. The zero-order valence-electron chi connectivity index (χ0n) is 7.33. The number of aromatic nitrogens is 2. The Morgan fingerprint density at radius 1 is 0.786 bits per heavy atom. The summed E-state index contributed by atoms with van der Waals surface area (Å²) in [6.45, 7) is 0. The van der Waals surface area contributed by atoms with Crippen molar-refractivity contribution in [3.05, 3.63) is 49.1 Å². The Bertz CT molecular complexity index is 338. The molecular formula is C10H8N2Se2. The van der Waals surface area contributed by atoms with E-state index in [1.807, 2.05) is 36.9 Å². The zero-order valence-corrected chi connectivity index (χ0v) is 10.8. The van der Waals surface area contributed by atoms with Crippen molar-refractivity contribution in [2.24, 2.45) is 0 Å². The molecule has 2 nitrogen and oxygen atoms in total. The van der Waals surface area contributed by atoms with Crippen molar-refractivity contribution in [1.82, 2.24) is 9.97 Å². The number of hydrogen-bond acceptors (Lipinski definition) is 2. The van der Waals surface area contributed by atoms with E-state index >= 15 is 0 Å². The molecule has 0 aromatic carbocycles. The van der Waals surface area contributed by atoms with Crippen LogP contribution in [0.2, 0.25) is 0 Å². The summed E-state index contributed by atoms with van der Waals surface area (Å²) in [6.07, 6.45) is 7.55. The molecule has 0 unspecified atom stereocenters. The van der Waals surface area contributed by atoms with Crippen molar-refractivity contribution in [3.63, 3.8) is 0 Å². The SMILES string of the molecule is c1cncc([Se][Se]c2cccnc2)c1. The average Bonchev–Trinajstić information content (AvgIpc) is 2.29. The number of nitrogens with zero attached hydrogens (tertiary/aromatic N) is 2. The van der Waals surface area contributed by atoms with E-state index in [0.717, 1.165) is 0 Å². The third-order valence-corrected chi connectivity index (χ3v) is 8.60. The normalized spacial score (nSPS) is 10.0. The first-order chi connectivity index (χ1) is 6.95. The average molecular weight is 314 g/mol. The molecule has 0 saturated carbocycles. The molecule has 2 rings (SSSR count). The Labute approximate surface area is 94.0 Å². The number of rotatable bonds is 3. The maximum atomic E-state index is 4.11. The summed E-state index contributed by atoms with van der Waals surface area (Å²) in [5, 5.41) is 0. The van der Waals surface area contributed by atoms with Crippen LogP contribution >= 0.6 is 0 Å². The Hall–Kier alpha value is -0.661. The first-order valence-corrected chi connectivity index (χ1v) is 10.1. The van der Waals surface area contributed by atoms with Crippen LogP contribution in [-0.4, -0.2) is 36.2 Å². The van der Waals surface area contributed by atoms with Gasteiger partial charge in [-0.1, -0.05) is 0 Å². The van der Waals surface area contributed by atoms with E-state index in [1.54, 1.807) is 0 Å². The van der Waals surface area contributed by atoms with Crippen LogP contribution < -0.4 is 8.92 Å².